The first kappa shape index (κ1) is 21.7. The summed E-state index contributed by atoms with van der Waals surface area (Å²) in [6, 6.07) is 9.35. The molecule has 0 saturated heterocycles. The summed E-state index contributed by atoms with van der Waals surface area (Å²) in [5, 5.41) is 8.78. The van der Waals surface area contributed by atoms with Gasteiger partial charge in [-0.15, -0.1) is 0 Å². The molecule has 25 heavy (non-hydrogen) atoms. The SMILES string of the molecule is CCCN(CCCCOc1ccc(C#N)cc1)CCCS(=O)CCC. The van der Waals surface area contributed by atoms with Crippen LogP contribution < -0.4 is 4.74 Å². The number of hydrogen-bond acceptors (Lipinski definition) is 4. The second-order valence-electron chi connectivity index (χ2n) is 6.24. The Balaban J connectivity index is 2.16. The Labute approximate surface area is 155 Å². The third-order valence-corrected chi connectivity index (χ3v) is 5.55. The molecule has 140 valence electrons. The molecule has 1 aromatic rings. The lowest BCUT2D eigenvalue weighted by atomic mass is 10.2. The van der Waals surface area contributed by atoms with Gasteiger partial charge in [0.05, 0.1) is 18.2 Å². The fourth-order valence-electron chi connectivity index (χ4n) is 2.68. The number of nitriles is 1. The third kappa shape index (κ3) is 10.3. The summed E-state index contributed by atoms with van der Waals surface area (Å²) in [7, 11) is -0.640. The maximum Gasteiger partial charge on any atom is 0.119 e. The van der Waals surface area contributed by atoms with E-state index < -0.39 is 10.8 Å². The van der Waals surface area contributed by atoms with Gasteiger partial charge < -0.3 is 9.64 Å². The summed E-state index contributed by atoms with van der Waals surface area (Å²) < 4.78 is 17.4. The highest BCUT2D eigenvalue weighted by atomic mass is 32.2. The number of ether oxygens (including phenoxy) is 1. The van der Waals surface area contributed by atoms with Crippen LogP contribution in [0.2, 0.25) is 0 Å². The van der Waals surface area contributed by atoms with E-state index in [1.54, 1.807) is 12.1 Å². The van der Waals surface area contributed by atoms with Gasteiger partial charge in [-0.2, -0.15) is 5.26 Å². The number of rotatable bonds is 14. The number of benzene rings is 1. The Morgan fingerprint density at radius 2 is 1.72 bits per heavy atom. The van der Waals surface area contributed by atoms with Crippen molar-refractivity contribution in [1.29, 1.82) is 5.26 Å². The van der Waals surface area contributed by atoms with Gasteiger partial charge in [0, 0.05) is 22.3 Å². The van der Waals surface area contributed by atoms with Crippen molar-refractivity contribution in [2.24, 2.45) is 0 Å². The van der Waals surface area contributed by atoms with E-state index >= 15 is 0 Å². The summed E-state index contributed by atoms with van der Waals surface area (Å²) in [5.41, 5.74) is 0.655. The van der Waals surface area contributed by atoms with Crippen LogP contribution in [0.3, 0.4) is 0 Å². The molecule has 0 spiro atoms. The van der Waals surface area contributed by atoms with Gasteiger partial charge >= 0.3 is 0 Å². The fraction of sp³-hybridized carbons (Fsp3) is 0.650. The smallest absolute Gasteiger partial charge is 0.119 e. The van der Waals surface area contributed by atoms with Crippen molar-refractivity contribution < 1.29 is 8.95 Å². The molecule has 0 saturated carbocycles. The molecule has 0 aliphatic rings. The van der Waals surface area contributed by atoms with Crippen molar-refractivity contribution in [3.63, 3.8) is 0 Å². The minimum absolute atomic E-state index is 0.640. The van der Waals surface area contributed by atoms with E-state index in [-0.39, 0.29) is 0 Å². The van der Waals surface area contributed by atoms with Crippen molar-refractivity contribution in [2.75, 3.05) is 37.7 Å². The van der Waals surface area contributed by atoms with Crippen LogP contribution in [-0.2, 0) is 10.8 Å². The maximum atomic E-state index is 11.7. The first-order valence-corrected chi connectivity index (χ1v) is 10.9. The standard InChI is InChI=1S/C20H32N2O2S/c1-3-12-22(14-7-17-25(23)16-4-2)13-5-6-15-24-20-10-8-19(18-21)9-11-20/h8-11H,3-7,12-17H2,1-2H3. The second kappa shape index (κ2) is 13.9. The zero-order chi connectivity index (χ0) is 18.3. The van der Waals surface area contributed by atoms with Crippen molar-refractivity contribution in [3.8, 4) is 11.8 Å². The Bertz CT molecular complexity index is 525. The van der Waals surface area contributed by atoms with E-state index in [1.807, 2.05) is 12.1 Å². The zero-order valence-corrected chi connectivity index (χ0v) is 16.5. The molecule has 1 rings (SSSR count). The molecule has 0 amide bonds. The molecule has 5 heteroatoms. The molecule has 0 bridgehead atoms. The van der Waals surface area contributed by atoms with Crippen LogP contribution in [0.15, 0.2) is 24.3 Å². The molecule has 0 heterocycles. The summed E-state index contributed by atoms with van der Waals surface area (Å²) >= 11 is 0. The molecule has 1 atom stereocenters. The quantitative estimate of drug-likeness (QED) is 0.469. The van der Waals surface area contributed by atoms with Gasteiger partial charge in [0.15, 0.2) is 0 Å². The van der Waals surface area contributed by atoms with Gasteiger partial charge in [0.1, 0.15) is 5.75 Å². The number of nitrogens with zero attached hydrogens (tertiary/aromatic N) is 2. The van der Waals surface area contributed by atoms with Gasteiger partial charge in [-0.05, 0) is 76.0 Å². The van der Waals surface area contributed by atoms with Crippen LogP contribution in [0, 0.1) is 11.3 Å². The summed E-state index contributed by atoms with van der Waals surface area (Å²) in [6.07, 6.45) is 5.30. The molecular formula is C20H32N2O2S. The molecule has 0 aromatic heterocycles. The number of unbranched alkanes of at least 4 members (excludes halogenated alkanes) is 1. The van der Waals surface area contributed by atoms with Crippen LogP contribution in [0.5, 0.6) is 5.75 Å². The van der Waals surface area contributed by atoms with Crippen LogP contribution in [0.4, 0.5) is 0 Å². The second-order valence-corrected chi connectivity index (χ2v) is 7.93. The number of hydrogen-bond donors (Lipinski definition) is 0. The lowest BCUT2D eigenvalue weighted by Gasteiger charge is -2.21. The molecule has 0 fully saturated rings. The first-order valence-electron chi connectivity index (χ1n) is 9.39. The lowest BCUT2D eigenvalue weighted by molar-refractivity contribution is 0.250. The van der Waals surface area contributed by atoms with Crippen LogP contribution in [0.1, 0.15) is 51.5 Å². The van der Waals surface area contributed by atoms with E-state index in [2.05, 4.69) is 24.8 Å². The highest BCUT2D eigenvalue weighted by Crippen LogP contribution is 2.12. The predicted octanol–water partition coefficient (Wildman–Crippen LogP) is 3.98. The first-order chi connectivity index (χ1) is 12.2. The van der Waals surface area contributed by atoms with Gasteiger partial charge in [0.25, 0.3) is 0 Å². The molecule has 0 N–H and O–H groups in total. The molecule has 0 aliphatic heterocycles. The van der Waals surface area contributed by atoms with Crippen LogP contribution in [-0.4, -0.2) is 46.9 Å². The minimum atomic E-state index is -0.640. The van der Waals surface area contributed by atoms with Gasteiger partial charge in [-0.25, -0.2) is 0 Å². The van der Waals surface area contributed by atoms with Gasteiger partial charge in [0.2, 0.25) is 0 Å². The van der Waals surface area contributed by atoms with Crippen molar-refractivity contribution in [3.05, 3.63) is 29.8 Å². The molecular weight excluding hydrogens is 332 g/mol. The van der Waals surface area contributed by atoms with E-state index in [0.29, 0.717) is 12.2 Å². The molecule has 4 nitrogen and oxygen atoms in total. The topological polar surface area (TPSA) is 53.3 Å². The average molecular weight is 365 g/mol. The van der Waals surface area contributed by atoms with Crippen LogP contribution in [0.25, 0.3) is 0 Å². The zero-order valence-electron chi connectivity index (χ0n) is 15.7. The summed E-state index contributed by atoms with van der Waals surface area (Å²) in [5.74, 6) is 2.49. The van der Waals surface area contributed by atoms with Crippen molar-refractivity contribution in [2.45, 2.75) is 46.0 Å². The Kier molecular flexibility index (Phi) is 12.0. The fourth-order valence-corrected chi connectivity index (χ4v) is 3.79. The Hall–Kier alpha value is -1.38. The normalized spacial score (nSPS) is 12.1. The van der Waals surface area contributed by atoms with E-state index in [1.165, 1.54) is 0 Å². The molecule has 1 unspecified atom stereocenters. The Morgan fingerprint density at radius 3 is 2.36 bits per heavy atom. The van der Waals surface area contributed by atoms with E-state index in [9.17, 15) is 4.21 Å². The summed E-state index contributed by atoms with van der Waals surface area (Å²) in [6.45, 7) is 8.21. The molecule has 0 aliphatic carbocycles. The lowest BCUT2D eigenvalue weighted by Crippen LogP contribution is -2.28. The van der Waals surface area contributed by atoms with E-state index in [0.717, 1.165) is 69.0 Å². The molecule has 0 radical (unpaired) electrons. The maximum absolute atomic E-state index is 11.7. The van der Waals surface area contributed by atoms with Gasteiger partial charge in [-0.1, -0.05) is 13.8 Å². The highest BCUT2D eigenvalue weighted by molar-refractivity contribution is 7.84. The van der Waals surface area contributed by atoms with Crippen molar-refractivity contribution >= 4 is 10.8 Å². The summed E-state index contributed by atoms with van der Waals surface area (Å²) in [4.78, 5) is 2.48. The minimum Gasteiger partial charge on any atom is -0.494 e. The van der Waals surface area contributed by atoms with E-state index in [4.69, 9.17) is 10.00 Å². The van der Waals surface area contributed by atoms with Gasteiger partial charge in [-0.3, -0.25) is 4.21 Å². The average Bonchev–Trinajstić information content (AvgIpc) is 2.62. The Morgan fingerprint density at radius 1 is 1.00 bits per heavy atom. The highest BCUT2D eigenvalue weighted by Gasteiger charge is 2.05. The van der Waals surface area contributed by atoms with Crippen molar-refractivity contribution in [1.82, 2.24) is 4.90 Å². The van der Waals surface area contributed by atoms with Crippen LogP contribution >= 0.6 is 0 Å². The largest absolute Gasteiger partial charge is 0.494 e. The monoisotopic (exact) mass is 364 g/mol. The molecule has 1 aromatic carbocycles. The third-order valence-electron chi connectivity index (χ3n) is 3.94. The predicted molar refractivity (Wildman–Crippen MR) is 105 cm³/mol.